The van der Waals surface area contributed by atoms with E-state index in [1.807, 2.05) is 38.1 Å². The van der Waals surface area contributed by atoms with Gasteiger partial charge >= 0.3 is 0 Å². The van der Waals surface area contributed by atoms with Gasteiger partial charge in [-0.1, -0.05) is 31.2 Å². The lowest BCUT2D eigenvalue weighted by molar-refractivity contribution is 0.134. The van der Waals surface area contributed by atoms with E-state index >= 15 is 0 Å². The molecule has 0 aromatic heterocycles. The maximum atomic E-state index is 10.1. The van der Waals surface area contributed by atoms with Gasteiger partial charge in [0.15, 0.2) is 0 Å². The van der Waals surface area contributed by atoms with Crippen LogP contribution in [-0.4, -0.2) is 12.2 Å². The van der Waals surface area contributed by atoms with Crippen molar-refractivity contribution in [2.75, 3.05) is 7.11 Å². The zero-order chi connectivity index (χ0) is 11.4. The van der Waals surface area contributed by atoms with E-state index in [1.165, 1.54) is 0 Å². The Balaban J connectivity index is 2.90. The van der Waals surface area contributed by atoms with Crippen LogP contribution in [0.3, 0.4) is 0 Å². The number of aliphatic hydroxyl groups excluding tert-OH is 1. The highest BCUT2D eigenvalue weighted by molar-refractivity contribution is 5.30. The Bertz CT molecular complexity index is 344. The molecule has 0 aliphatic heterocycles. The predicted molar refractivity (Wildman–Crippen MR) is 61.9 cm³/mol. The minimum atomic E-state index is -0.516. The molecule has 0 radical (unpaired) electrons. The van der Waals surface area contributed by atoms with E-state index in [4.69, 9.17) is 4.74 Å². The highest BCUT2D eigenvalue weighted by Crippen LogP contribution is 2.28. The molecule has 15 heavy (non-hydrogen) atoms. The average molecular weight is 206 g/mol. The molecule has 1 aromatic carbocycles. The van der Waals surface area contributed by atoms with Crippen molar-refractivity contribution in [2.24, 2.45) is 5.92 Å². The SMILES string of the molecule is C=C(C)C(C)C(O)c1cccc(OC)c1. The number of hydrogen-bond acceptors (Lipinski definition) is 2. The number of hydrogen-bond donors (Lipinski definition) is 1. The van der Waals surface area contributed by atoms with Gasteiger partial charge in [0.25, 0.3) is 0 Å². The van der Waals surface area contributed by atoms with Gasteiger partial charge in [-0.3, -0.25) is 0 Å². The van der Waals surface area contributed by atoms with Crippen LogP contribution < -0.4 is 4.74 Å². The molecule has 0 spiro atoms. The van der Waals surface area contributed by atoms with Gasteiger partial charge in [0, 0.05) is 5.92 Å². The first-order chi connectivity index (χ1) is 7.06. The van der Waals surface area contributed by atoms with Gasteiger partial charge in [-0.25, -0.2) is 0 Å². The molecular weight excluding hydrogens is 188 g/mol. The molecule has 2 atom stereocenters. The topological polar surface area (TPSA) is 29.5 Å². The van der Waals surface area contributed by atoms with Crippen LogP contribution in [0.2, 0.25) is 0 Å². The molecule has 2 nitrogen and oxygen atoms in total. The largest absolute Gasteiger partial charge is 0.497 e. The molecule has 2 heteroatoms. The second kappa shape index (κ2) is 4.99. The average Bonchev–Trinajstić information content (AvgIpc) is 2.27. The van der Waals surface area contributed by atoms with E-state index < -0.39 is 6.10 Å². The minimum absolute atomic E-state index is 0.0529. The normalized spacial score (nSPS) is 14.4. The van der Waals surface area contributed by atoms with E-state index in [0.717, 1.165) is 16.9 Å². The number of methoxy groups -OCH3 is 1. The first kappa shape index (κ1) is 11.8. The Morgan fingerprint density at radius 2 is 2.13 bits per heavy atom. The quantitative estimate of drug-likeness (QED) is 0.767. The molecule has 0 bridgehead atoms. The molecule has 0 saturated carbocycles. The molecule has 1 N–H and O–H groups in total. The van der Waals surface area contributed by atoms with Crippen LogP contribution in [0.5, 0.6) is 5.75 Å². The van der Waals surface area contributed by atoms with E-state index in [-0.39, 0.29) is 5.92 Å². The predicted octanol–water partition coefficient (Wildman–Crippen LogP) is 2.94. The smallest absolute Gasteiger partial charge is 0.119 e. The van der Waals surface area contributed by atoms with Crippen LogP contribution in [0.25, 0.3) is 0 Å². The van der Waals surface area contributed by atoms with Crippen molar-refractivity contribution in [1.82, 2.24) is 0 Å². The summed E-state index contributed by atoms with van der Waals surface area (Å²) >= 11 is 0. The summed E-state index contributed by atoms with van der Waals surface area (Å²) in [7, 11) is 1.62. The maximum Gasteiger partial charge on any atom is 0.119 e. The first-order valence-corrected chi connectivity index (χ1v) is 5.03. The van der Waals surface area contributed by atoms with Gasteiger partial charge in [-0.05, 0) is 24.6 Å². The van der Waals surface area contributed by atoms with Crippen LogP contribution in [0.4, 0.5) is 0 Å². The Kier molecular flexibility index (Phi) is 3.92. The summed E-state index contributed by atoms with van der Waals surface area (Å²) in [5.74, 6) is 0.817. The summed E-state index contributed by atoms with van der Waals surface area (Å²) in [5, 5.41) is 10.1. The highest BCUT2D eigenvalue weighted by atomic mass is 16.5. The maximum absolute atomic E-state index is 10.1. The summed E-state index contributed by atoms with van der Waals surface area (Å²) in [6.07, 6.45) is -0.516. The third kappa shape index (κ3) is 2.83. The molecule has 1 aromatic rings. The molecule has 0 saturated heterocycles. The van der Waals surface area contributed by atoms with Gasteiger partial charge in [0.2, 0.25) is 0 Å². The van der Waals surface area contributed by atoms with E-state index in [9.17, 15) is 5.11 Å². The molecular formula is C13H18O2. The van der Waals surface area contributed by atoms with Crippen LogP contribution in [0.1, 0.15) is 25.5 Å². The molecule has 82 valence electrons. The molecule has 0 fully saturated rings. The minimum Gasteiger partial charge on any atom is -0.497 e. The Morgan fingerprint density at radius 3 is 2.67 bits per heavy atom. The van der Waals surface area contributed by atoms with Crippen LogP contribution in [-0.2, 0) is 0 Å². The number of aliphatic hydroxyl groups is 1. The Labute approximate surface area is 91.2 Å². The molecule has 0 aliphatic rings. The second-order valence-corrected chi connectivity index (χ2v) is 3.86. The molecule has 2 unspecified atom stereocenters. The molecule has 0 amide bonds. The van der Waals surface area contributed by atoms with Gasteiger partial charge in [-0.15, -0.1) is 0 Å². The highest BCUT2D eigenvalue weighted by Gasteiger charge is 2.16. The lowest BCUT2D eigenvalue weighted by atomic mass is 9.92. The van der Waals surface area contributed by atoms with E-state index in [2.05, 4.69) is 6.58 Å². The first-order valence-electron chi connectivity index (χ1n) is 5.03. The van der Waals surface area contributed by atoms with Crippen molar-refractivity contribution in [3.05, 3.63) is 42.0 Å². The molecule has 0 heterocycles. The fourth-order valence-corrected chi connectivity index (χ4v) is 1.38. The van der Waals surface area contributed by atoms with Gasteiger partial charge in [0.05, 0.1) is 13.2 Å². The summed E-state index contributed by atoms with van der Waals surface area (Å²) < 4.78 is 5.11. The monoisotopic (exact) mass is 206 g/mol. The van der Waals surface area contributed by atoms with E-state index in [0.29, 0.717) is 0 Å². The second-order valence-electron chi connectivity index (χ2n) is 3.86. The van der Waals surface area contributed by atoms with Crippen molar-refractivity contribution in [3.63, 3.8) is 0 Å². The van der Waals surface area contributed by atoms with Crippen molar-refractivity contribution in [1.29, 1.82) is 0 Å². The van der Waals surface area contributed by atoms with Crippen molar-refractivity contribution in [3.8, 4) is 5.75 Å². The zero-order valence-electron chi connectivity index (χ0n) is 9.53. The number of rotatable bonds is 4. The van der Waals surface area contributed by atoms with Crippen molar-refractivity contribution >= 4 is 0 Å². The van der Waals surface area contributed by atoms with Crippen LogP contribution in [0, 0.1) is 5.92 Å². The number of ether oxygens (including phenoxy) is 1. The van der Waals surface area contributed by atoms with Crippen LogP contribution in [0.15, 0.2) is 36.4 Å². The van der Waals surface area contributed by atoms with Gasteiger partial charge < -0.3 is 9.84 Å². The zero-order valence-corrected chi connectivity index (χ0v) is 9.53. The van der Waals surface area contributed by atoms with E-state index in [1.54, 1.807) is 7.11 Å². The molecule has 1 rings (SSSR count). The Hall–Kier alpha value is -1.28. The van der Waals surface area contributed by atoms with Gasteiger partial charge in [-0.2, -0.15) is 0 Å². The fourth-order valence-electron chi connectivity index (χ4n) is 1.38. The van der Waals surface area contributed by atoms with Gasteiger partial charge in [0.1, 0.15) is 5.75 Å². The summed E-state index contributed by atoms with van der Waals surface area (Å²) in [6.45, 7) is 7.74. The van der Waals surface area contributed by atoms with Crippen molar-refractivity contribution in [2.45, 2.75) is 20.0 Å². The van der Waals surface area contributed by atoms with Crippen LogP contribution >= 0.6 is 0 Å². The summed E-state index contributed by atoms with van der Waals surface area (Å²) in [5.41, 5.74) is 1.84. The lowest BCUT2D eigenvalue weighted by Gasteiger charge is -2.19. The number of benzene rings is 1. The lowest BCUT2D eigenvalue weighted by Crippen LogP contribution is -2.09. The standard InChI is InChI=1S/C13H18O2/c1-9(2)10(3)13(14)11-6-5-7-12(8-11)15-4/h5-8,10,13-14H,1H2,2-4H3. The van der Waals surface area contributed by atoms with Crippen molar-refractivity contribution < 1.29 is 9.84 Å². The molecule has 0 aliphatic carbocycles. The third-order valence-electron chi connectivity index (χ3n) is 2.69. The summed E-state index contributed by atoms with van der Waals surface area (Å²) in [6, 6.07) is 7.49. The third-order valence-corrected chi connectivity index (χ3v) is 2.69. The Morgan fingerprint density at radius 1 is 1.47 bits per heavy atom. The summed E-state index contributed by atoms with van der Waals surface area (Å²) in [4.78, 5) is 0. The fraction of sp³-hybridized carbons (Fsp3) is 0.385.